The van der Waals surface area contributed by atoms with Crippen LogP contribution in [0.15, 0.2) is 18.2 Å². The van der Waals surface area contributed by atoms with Crippen molar-refractivity contribution in [2.75, 3.05) is 19.0 Å². The van der Waals surface area contributed by atoms with E-state index in [1.165, 1.54) is 12.1 Å². The highest BCUT2D eigenvalue weighted by Crippen LogP contribution is 2.23. The first-order valence-corrected chi connectivity index (χ1v) is 5.07. The largest absolute Gasteiger partial charge is 0.382 e. The van der Waals surface area contributed by atoms with Crippen molar-refractivity contribution in [3.63, 3.8) is 0 Å². The molecule has 0 bridgehead atoms. The molecule has 0 saturated carbocycles. The van der Waals surface area contributed by atoms with E-state index in [4.69, 9.17) is 4.74 Å². The highest BCUT2D eigenvalue weighted by atomic mass is 19.1. The molecule has 0 amide bonds. The lowest BCUT2D eigenvalue weighted by molar-refractivity contribution is -0.385. The Labute approximate surface area is 98.7 Å². The summed E-state index contributed by atoms with van der Waals surface area (Å²) in [5, 5.41) is 13.4. The van der Waals surface area contributed by atoms with Crippen LogP contribution in [0.3, 0.4) is 0 Å². The minimum Gasteiger partial charge on any atom is -0.382 e. The van der Waals surface area contributed by atoms with E-state index in [2.05, 4.69) is 5.32 Å². The third kappa shape index (κ3) is 3.67. The average molecular weight is 242 g/mol. The highest BCUT2D eigenvalue weighted by Gasteiger charge is 2.20. The van der Waals surface area contributed by atoms with Gasteiger partial charge in [0, 0.05) is 13.2 Å². The normalized spacial score (nSPS) is 11.3. The van der Waals surface area contributed by atoms with Crippen molar-refractivity contribution in [2.45, 2.75) is 19.4 Å². The van der Waals surface area contributed by atoms with Gasteiger partial charge in [0.2, 0.25) is 0 Å². The fourth-order valence-electron chi connectivity index (χ4n) is 1.48. The van der Waals surface area contributed by atoms with Gasteiger partial charge in [-0.2, -0.15) is 0 Å². The minimum atomic E-state index is -0.650. The lowest BCUT2D eigenvalue weighted by Crippen LogP contribution is -2.36. The summed E-state index contributed by atoms with van der Waals surface area (Å²) in [6.07, 6.45) is 0. The topological polar surface area (TPSA) is 64.4 Å². The van der Waals surface area contributed by atoms with Crippen LogP contribution in [0.5, 0.6) is 0 Å². The number of methoxy groups -OCH3 is 1. The van der Waals surface area contributed by atoms with E-state index in [1.54, 1.807) is 7.11 Å². The Kier molecular flexibility index (Phi) is 4.01. The number of nitro groups is 1. The number of non-ortho nitro benzene ring substituents is 1. The lowest BCUT2D eigenvalue weighted by atomic mass is 10.1. The Balaban J connectivity index is 2.90. The molecule has 1 rings (SSSR count). The summed E-state index contributed by atoms with van der Waals surface area (Å²) in [6, 6.07) is 3.50. The Morgan fingerprint density at radius 2 is 2.18 bits per heavy atom. The number of ether oxygens (including phenoxy) is 1. The van der Waals surface area contributed by atoms with Crippen molar-refractivity contribution in [1.29, 1.82) is 0 Å². The summed E-state index contributed by atoms with van der Waals surface area (Å²) in [4.78, 5) is 9.82. The molecule has 0 aliphatic rings. The first-order chi connectivity index (χ1) is 7.85. The van der Waals surface area contributed by atoms with Crippen LogP contribution in [0.2, 0.25) is 0 Å². The zero-order chi connectivity index (χ0) is 13.1. The van der Waals surface area contributed by atoms with E-state index in [1.807, 2.05) is 13.8 Å². The van der Waals surface area contributed by atoms with Gasteiger partial charge in [0.25, 0.3) is 5.69 Å². The third-order valence-electron chi connectivity index (χ3n) is 2.14. The number of benzene rings is 1. The molecule has 0 spiro atoms. The van der Waals surface area contributed by atoms with Crippen molar-refractivity contribution < 1.29 is 14.1 Å². The molecule has 0 aromatic heterocycles. The molecule has 6 heteroatoms. The molecule has 0 heterocycles. The maximum absolute atomic E-state index is 13.6. The van der Waals surface area contributed by atoms with Gasteiger partial charge in [-0.1, -0.05) is 0 Å². The van der Waals surface area contributed by atoms with Crippen LogP contribution >= 0.6 is 0 Å². The minimum absolute atomic E-state index is 0.220. The van der Waals surface area contributed by atoms with Crippen LogP contribution in [0.1, 0.15) is 13.8 Å². The van der Waals surface area contributed by atoms with Crippen LogP contribution in [0, 0.1) is 15.9 Å². The number of hydrogen-bond acceptors (Lipinski definition) is 4. The molecule has 0 saturated heterocycles. The number of rotatable bonds is 5. The Morgan fingerprint density at radius 1 is 1.53 bits per heavy atom. The van der Waals surface area contributed by atoms with Crippen molar-refractivity contribution >= 4 is 11.4 Å². The Morgan fingerprint density at radius 3 is 2.65 bits per heavy atom. The number of nitrogens with one attached hydrogen (secondary N) is 1. The maximum atomic E-state index is 13.6. The van der Waals surface area contributed by atoms with Gasteiger partial charge in [0.15, 0.2) is 5.82 Å². The van der Waals surface area contributed by atoms with E-state index in [0.717, 1.165) is 6.07 Å². The second-order valence-electron chi connectivity index (χ2n) is 4.36. The van der Waals surface area contributed by atoms with Gasteiger partial charge in [-0.05, 0) is 19.9 Å². The van der Waals surface area contributed by atoms with Gasteiger partial charge in [-0.25, -0.2) is 4.39 Å². The summed E-state index contributed by atoms with van der Waals surface area (Å²) >= 11 is 0. The fraction of sp³-hybridized carbons (Fsp3) is 0.455. The number of halogens is 1. The standard InChI is InChI=1S/C11H15FN2O3/c1-11(2,7-17-3)13-10-5-4-8(14(15)16)6-9(10)12/h4-6,13H,7H2,1-3H3. The summed E-state index contributed by atoms with van der Waals surface area (Å²) in [5.41, 5.74) is -0.499. The molecular weight excluding hydrogens is 227 g/mol. The molecule has 17 heavy (non-hydrogen) atoms. The predicted octanol–water partition coefficient (Wildman–Crippen LogP) is 2.57. The SMILES string of the molecule is COCC(C)(C)Nc1ccc([N+](=O)[O-])cc1F. The second-order valence-corrected chi connectivity index (χ2v) is 4.36. The second kappa shape index (κ2) is 5.09. The summed E-state index contributed by atoms with van der Waals surface area (Å²) in [7, 11) is 1.55. The molecule has 5 nitrogen and oxygen atoms in total. The molecule has 0 unspecified atom stereocenters. The molecule has 94 valence electrons. The number of hydrogen-bond donors (Lipinski definition) is 1. The molecule has 0 fully saturated rings. The van der Waals surface area contributed by atoms with Crippen LogP contribution in [-0.4, -0.2) is 24.2 Å². The molecule has 0 aliphatic heterocycles. The Bertz CT molecular complexity index is 421. The van der Waals surface area contributed by atoms with Crippen molar-refractivity contribution in [2.24, 2.45) is 0 Å². The average Bonchev–Trinajstić information content (AvgIpc) is 2.20. The number of nitro benzene ring substituents is 1. The maximum Gasteiger partial charge on any atom is 0.272 e. The molecule has 1 N–H and O–H groups in total. The van der Waals surface area contributed by atoms with Crippen molar-refractivity contribution in [3.8, 4) is 0 Å². The van der Waals surface area contributed by atoms with Gasteiger partial charge < -0.3 is 10.1 Å². The van der Waals surface area contributed by atoms with E-state index < -0.39 is 16.3 Å². The van der Waals surface area contributed by atoms with Gasteiger partial charge in [-0.3, -0.25) is 10.1 Å². The summed E-state index contributed by atoms with van der Waals surface area (Å²) in [5.74, 6) is -0.650. The molecule has 1 aromatic carbocycles. The van der Waals surface area contributed by atoms with Crippen molar-refractivity contribution in [1.82, 2.24) is 0 Å². The smallest absolute Gasteiger partial charge is 0.272 e. The predicted molar refractivity (Wildman–Crippen MR) is 62.6 cm³/mol. The zero-order valence-corrected chi connectivity index (χ0v) is 9.99. The van der Waals surface area contributed by atoms with E-state index in [-0.39, 0.29) is 11.4 Å². The monoisotopic (exact) mass is 242 g/mol. The first kappa shape index (κ1) is 13.4. The fourth-order valence-corrected chi connectivity index (χ4v) is 1.48. The zero-order valence-electron chi connectivity index (χ0n) is 9.99. The quantitative estimate of drug-likeness (QED) is 0.636. The van der Waals surface area contributed by atoms with E-state index in [9.17, 15) is 14.5 Å². The molecule has 0 atom stereocenters. The number of anilines is 1. The molecule has 0 radical (unpaired) electrons. The third-order valence-corrected chi connectivity index (χ3v) is 2.14. The molecular formula is C11H15FN2O3. The van der Waals surface area contributed by atoms with E-state index in [0.29, 0.717) is 6.61 Å². The highest BCUT2D eigenvalue weighted by molar-refractivity contribution is 5.51. The van der Waals surface area contributed by atoms with Crippen LogP contribution in [0.25, 0.3) is 0 Å². The summed E-state index contributed by atoms with van der Waals surface area (Å²) < 4.78 is 18.6. The van der Waals surface area contributed by atoms with Gasteiger partial charge in [-0.15, -0.1) is 0 Å². The first-order valence-electron chi connectivity index (χ1n) is 5.07. The van der Waals surface area contributed by atoms with Gasteiger partial charge in [0.05, 0.1) is 28.8 Å². The van der Waals surface area contributed by atoms with E-state index >= 15 is 0 Å². The van der Waals surface area contributed by atoms with Gasteiger partial charge in [0.1, 0.15) is 0 Å². The summed E-state index contributed by atoms with van der Waals surface area (Å²) in [6.45, 7) is 4.08. The van der Waals surface area contributed by atoms with Crippen LogP contribution in [-0.2, 0) is 4.74 Å². The lowest BCUT2D eigenvalue weighted by Gasteiger charge is -2.26. The van der Waals surface area contributed by atoms with Gasteiger partial charge >= 0.3 is 0 Å². The van der Waals surface area contributed by atoms with Crippen molar-refractivity contribution in [3.05, 3.63) is 34.1 Å². The molecule has 0 aliphatic carbocycles. The molecule has 1 aromatic rings. The number of nitrogens with zero attached hydrogens (tertiary/aromatic N) is 1. The van der Waals surface area contributed by atoms with Crippen LogP contribution in [0.4, 0.5) is 15.8 Å². The Hall–Kier alpha value is -1.69. The van der Waals surface area contributed by atoms with Crippen LogP contribution < -0.4 is 5.32 Å².